The van der Waals surface area contributed by atoms with Crippen molar-refractivity contribution in [2.24, 2.45) is 23.2 Å². The van der Waals surface area contributed by atoms with Gasteiger partial charge in [-0.15, -0.1) is 0 Å². The zero-order chi connectivity index (χ0) is 24.1. The molecule has 0 radical (unpaired) electrons. The van der Waals surface area contributed by atoms with Crippen molar-refractivity contribution in [1.29, 1.82) is 0 Å². The van der Waals surface area contributed by atoms with Crippen molar-refractivity contribution < 1.29 is 26.6 Å². The van der Waals surface area contributed by atoms with Crippen LogP contribution in [0.2, 0.25) is 0 Å². The Labute approximate surface area is 243 Å². The van der Waals surface area contributed by atoms with Gasteiger partial charge in [0, 0.05) is 43.8 Å². The number of likely N-dealkylation sites (tertiary alicyclic amines) is 2. The summed E-state index contributed by atoms with van der Waals surface area (Å²) in [5.41, 5.74) is 1.93. The Hall–Kier alpha value is -0.590. The number of piperidine rings is 1. The topological polar surface area (TPSA) is 157 Å². The lowest BCUT2D eigenvalue weighted by Gasteiger charge is -2.47. The van der Waals surface area contributed by atoms with Gasteiger partial charge in [-0.1, -0.05) is 58.4 Å². The highest BCUT2D eigenvalue weighted by Crippen LogP contribution is 2.42. The molecule has 0 aromatic carbocycles. The second kappa shape index (κ2) is 18.8. The highest BCUT2D eigenvalue weighted by atomic mass is 35.5. The Morgan fingerprint density at radius 1 is 0.949 bits per heavy atom. The van der Waals surface area contributed by atoms with E-state index in [1.807, 2.05) is 0 Å². The van der Waals surface area contributed by atoms with Crippen LogP contribution < -0.4 is 5.32 Å². The van der Waals surface area contributed by atoms with Gasteiger partial charge in [0.2, 0.25) is 0 Å². The van der Waals surface area contributed by atoms with Crippen LogP contribution in [0.15, 0.2) is 22.8 Å². The molecule has 0 spiro atoms. The standard InChI is InChI=1S/C28H49ClN4O.CH4.4H2O/c1-22(2)27(30-17-23-9-11-33(18-23)21-31-13-15-34-16-14-31)19-32-12-10-26(28(3,4)20-32)24-5-7-25(29)8-6-24;;;;;/h5,7,22-23,26-27,30H,6,8-21H2,1-4H3;1H4;4*1H2/t23-,26+,27-;;;;;/m0...../s1. The van der Waals surface area contributed by atoms with Gasteiger partial charge < -0.3 is 36.9 Å². The number of halogens is 1. The summed E-state index contributed by atoms with van der Waals surface area (Å²) in [6, 6.07) is 0.566. The van der Waals surface area contributed by atoms with Gasteiger partial charge in [0.05, 0.1) is 19.9 Å². The summed E-state index contributed by atoms with van der Waals surface area (Å²) in [6.07, 6.45) is 9.21. The molecule has 234 valence electrons. The fourth-order valence-corrected chi connectivity index (χ4v) is 6.73. The molecule has 3 fully saturated rings. The smallest absolute Gasteiger partial charge is 0.0594 e. The summed E-state index contributed by atoms with van der Waals surface area (Å²) < 4.78 is 5.50. The average molecular weight is 581 g/mol. The van der Waals surface area contributed by atoms with Gasteiger partial charge in [-0.2, -0.15) is 0 Å². The van der Waals surface area contributed by atoms with E-state index in [1.165, 1.54) is 45.6 Å². The van der Waals surface area contributed by atoms with E-state index in [4.69, 9.17) is 16.3 Å². The van der Waals surface area contributed by atoms with Crippen molar-refractivity contribution in [3.63, 3.8) is 0 Å². The molecule has 0 amide bonds. The number of hydrogen-bond donors (Lipinski definition) is 1. The molecule has 0 aromatic rings. The molecule has 3 aliphatic heterocycles. The summed E-state index contributed by atoms with van der Waals surface area (Å²) >= 11 is 6.22. The molecule has 39 heavy (non-hydrogen) atoms. The lowest BCUT2D eigenvalue weighted by Crippen LogP contribution is -2.52. The molecule has 1 aliphatic carbocycles. The molecule has 0 bridgehead atoms. The molecule has 3 atom stereocenters. The molecule has 0 unspecified atom stereocenters. The van der Waals surface area contributed by atoms with Crippen LogP contribution in [0.3, 0.4) is 0 Å². The third-order valence-corrected chi connectivity index (χ3v) is 9.00. The predicted octanol–water partition coefficient (Wildman–Crippen LogP) is 1.74. The Kier molecular flexibility index (Phi) is 19.5. The van der Waals surface area contributed by atoms with Gasteiger partial charge in [0.15, 0.2) is 0 Å². The first kappa shape index (κ1) is 40.5. The van der Waals surface area contributed by atoms with Crippen LogP contribution in [-0.4, -0.2) is 115 Å². The summed E-state index contributed by atoms with van der Waals surface area (Å²) in [5.74, 6) is 2.12. The van der Waals surface area contributed by atoms with Crippen LogP contribution in [0.5, 0.6) is 0 Å². The fourth-order valence-electron chi connectivity index (χ4n) is 6.57. The zero-order valence-corrected chi connectivity index (χ0v) is 25.0. The minimum absolute atomic E-state index is 0. The first-order chi connectivity index (χ1) is 16.3. The van der Waals surface area contributed by atoms with Crippen LogP contribution in [0, 0.1) is 23.2 Å². The number of allylic oxidation sites excluding steroid dienone is 4. The lowest BCUT2D eigenvalue weighted by atomic mass is 9.68. The summed E-state index contributed by atoms with van der Waals surface area (Å²) in [7, 11) is 0. The van der Waals surface area contributed by atoms with Crippen molar-refractivity contribution in [3.05, 3.63) is 22.8 Å². The third kappa shape index (κ3) is 11.7. The van der Waals surface area contributed by atoms with Gasteiger partial charge in [0.1, 0.15) is 0 Å². The SMILES string of the molecule is C.CC(C)[C@H](CN1CC[C@H](C2=CC=C(Cl)CC2)C(C)(C)C1)NC[C@@H]1CCN(CN2CCOCC2)C1.O.O.O.O. The van der Waals surface area contributed by atoms with E-state index >= 15 is 0 Å². The molecule has 9 nitrogen and oxygen atoms in total. The summed E-state index contributed by atoms with van der Waals surface area (Å²) in [5, 5.41) is 5.01. The molecule has 0 aromatic heterocycles. The molecular formula is C29H61ClN4O5. The predicted molar refractivity (Wildman–Crippen MR) is 164 cm³/mol. The monoisotopic (exact) mass is 580 g/mol. The van der Waals surface area contributed by atoms with Gasteiger partial charge in [0.25, 0.3) is 0 Å². The minimum Gasteiger partial charge on any atom is -0.412 e. The molecule has 3 saturated heterocycles. The summed E-state index contributed by atoms with van der Waals surface area (Å²) in [4.78, 5) is 7.94. The van der Waals surface area contributed by atoms with Crippen LogP contribution >= 0.6 is 11.6 Å². The molecular weight excluding hydrogens is 520 g/mol. The van der Waals surface area contributed by atoms with Gasteiger partial charge in [-0.25, -0.2) is 0 Å². The third-order valence-electron chi connectivity index (χ3n) is 8.69. The first-order valence-corrected chi connectivity index (χ1v) is 14.2. The Balaban J connectivity index is 0. The maximum Gasteiger partial charge on any atom is 0.0594 e. The second-order valence-corrected chi connectivity index (χ2v) is 12.8. The van der Waals surface area contributed by atoms with E-state index in [9.17, 15) is 0 Å². The van der Waals surface area contributed by atoms with Crippen molar-refractivity contribution in [2.45, 2.75) is 66.8 Å². The number of morpholine rings is 1. The Bertz CT molecular complexity index is 730. The lowest BCUT2D eigenvalue weighted by molar-refractivity contribution is 0.0136. The first-order valence-electron chi connectivity index (χ1n) is 13.8. The highest BCUT2D eigenvalue weighted by molar-refractivity contribution is 6.29. The second-order valence-electron chi connectivity index (χ2n) is 12.3. The van der Waals surface area contributed by atoms with E-state index in [2.05, 4.69) is 59.9 Å². The number of nitrogens with one attached hydrogen (secondary N) is 1. The molecule has 3 heterocycles. The maximum absolute atomic E-state index is 6.22. The van der Waals surface area contributed by atoms with Crippen LogP contribution in [-0.2, 0) is 4.74 Å². The molecule has 9 N–H and O–H groups in total. The highest BCUT2D eigenvalue weighted by Gasteiger charge is 2.38. The van der Waals surface area contributed by atoms with E-state index in [1.54, 1.807) is 5.57 Å². The Morgan fingerprint density at radius 2 is 1.62 bits per heavy atom. The molecule has 4 aliphatic rings. The zero-order valence-electron chi connectivity index (χ0n) is 24.2. The molecule has 0 saturated carbocycles. The van der Waals surface area contributed by atoms with E-state index in [0.717, 1.165) is 63.3 Å². The molecule has 4 rings (SSSR count). The quantitative estimate of drug-likeness (QED) is 0.439. The largest absolute Gasteiger partial charge is 0.412 e. The van der Waals surface area contributed by atoms with Crippen LogP contribution in [0.1, 0.15) is 60.8 Å². The summed E-state index contributed by atoms with van der Waals surface area (Å²) in [6.45, 7) is 22.0. The van der Waals surface area contributed by atoms with Crippen molar-refractivity contribution >= 4 is 11.6 Å². The van der Waals surface area contributed by atoms with E-state index in [0.29, 0.717) is 23.3 Å². The maximum atomic E-state index is 6.22. The average Bonchev–Trinajstić information content (AvgIpc) is 3.24. The Morgan fingerprint density at radius 3 is 2.21 bits per heavy atom. The van der Waals surface area contributed by atoms with Crippen molar-refractivity contribution in [3.8, 4) is 0 Å². The number of hydrogen-bond acceptors (Lipinski definition) is 5. The van der Waals surface area contributed by atoms with Gasteiger partial charge in [-0.3, -0.25) is 9.80 Å². The van der Waals surface area contributed by atoms with Crippen LogP contribution in [0.25, 0.3) is 0 Å². The van der Waals surface area contributed by atoms with Crippen LogP contribution in [0.4, 0.5) is 0 Å². The fraction of sp³-hybridized carbons (Fsp3) is 0.862. The van der Waals surface area contributed by atoms with E-state index < -0.39 is 0 Å². The normalized spacial score (nSPS) is 26.5. The van der Waals surface area contributed by atoms with Crippen molar-refractivity contribution in [2.75, 3.05) is 72.2 Å². The number of rotatable bonds is 9. The van der Waals surface area contributed by atoms with Gasteiger partial charge >= 0.3 is 0 Å². The minimum atomic E-state index is 0. The number of nitrogens with zero attached hydrogens (tertiary/aromatic N) is 3. The van der Waals surface area contributed by atoms with Crippen molar-refractivity contribution in [1.82, 2.24) is 20.0 Å². The van der Waals surface area contributed by atoms with E-state index in [-0.39, 0.29) is 29.3 Å². The molecule has 10 heteroatoms. The number of ether oxygens (including phenoxy) is 1. The van der Waals surface area contributed by atoms with Gasteiger partial charge in [-0.05, 0) is 74.6 Å².